The summed E-state index contributed by atoms with van der Waals surface area (Å²) < 4.78 is 1.87. The Morgan fingerprint density at radius 2 is 2.12 bits per heavy atom. The van der Waals surface area contributed by atoms with Gasteiger partial charge in [-0.25, -0.2) is 4.98 Å². The van der Waals surface area contributed by atoms with Gasteiger partial charge >= 0.3 is 0 Å². The van der Waals surface area contributed by atoms with Crippen molar-refractivity contribution in [3.63, 3.8) is 0 Å². The van der Waals surface area contributed by atoms with Crippen LogP contribution in [-0.2, 0) is 0 Å². The maximum atomic E-state index is 12.6. The topological polar surface area (TPSA) is 72.2 Å². The zero-order valence-electron chi connectivity index (χ0n) is 13.3. The van der Waals surface area contributed by atoms with Crippen molar-refractivity contribution in [1.82, 2.24) is 24.9 Å². The van der Waals surface area contributed by atoms with E-state index in [0.717, 1.165) is 11.4 Å². The molecule has 1 unspecified atom stereocenters. The minimum atomic E-state index is -0.326. The van der Waals surface area contributed by atoms with E-state index < -0.39 is 0 Å². The Hall–Kier alpha value is -1.83. The monoisotopic (exact) mass is 395 g/mol. The normalized spacial score (nSPS) is 12.3. The van der Waals surface area contributed by atoms with E-state index in [9.17, 15) is 4.79 Å². The Labute approximate surface area is 158 Å². The molecule has 9 heteroatoms. The van der Waals surface area contributed by atoms with Gasteiger partial charge in [0.15, 0.2) is 11.5 Å². The van der Waals surface area contributed by atoms with Crippen LogP contribution in [0.15, 0.2) is 36.5 Å². The second kappa shape index (κ2) is 8.03. The molecule has 0 aliphatic carbocycles. The van der Waals surface area contributed by atoms with Crippen LogP contribution in [-0.4, -0.2) is 37.5 Å². The lowest BCUT2D eigenvalue weighted by Gasteiger charge is -2.17. The van der Waals surface area contributed by atoms with Gasteiger partial charge in [0.2, 0.25) is 0 Å². The summed E-state index contributed by atoms with van der Waals surface area (Å²) in [7, 11) is 0. The van der Waals surface area contributed by atoms with E-state index in [-0.39, 0.29) is 27.8 Å². The molecule has 3 rings (SSSR count). The Balaban J connectivity index is 1.89. The summed E-state index contributed by atoms with van der Waals surface area (Å²) in [6.07, 6.45) is 4.60. The molecule has 1 amide bonds. The first-order valence-corrected chi connectivity index (χ1v) is 9.66. The molecule has 0 aromatic carbocycles. The van der Waals surface area contributed by atoms with Gasteiger partial charge in [-0.3, -0.25) is 9.20 Å². The summed E-state index contributed by atoms with van der Waals surface area (Å²) in [5.41, 5.74) is 1.00. The van der Waals surface area contributed by atoms with E-state index in [4.69, 9.17) is 23.2 Å². The summed E-state index contributed by atoms with van der Waals surface area (Å²) in [6.45, 7) is 0. The number of pyridine rings is 2. The van der Waals surface area contributed by atoms with Gasteiger partial charge in [-0.05, 0) is 42.7 Å². The fourth-order valence-corrected chi connectivity index (χ4v) is 3.32. The molecule has 0 aliphatic heterocycles. The van der Waals surface area contributed by atoms with Crippen molar-refractivity contribution >= 4 is 46.5 Å². The predicted octanol–water partition coefficient (Wildman–Crippen LogP) is 3.66. The molecule has 3 aromatic rings. The van der Waals surface area contributed by atoms with Crippen molar-refractivity contribution in [2.24, 2.45) is 0 Å². The van der Waals surface area contributed by atoms with Crippen LogP contribution in [0, 0.1) is 0 Å². The van der Waals surface area contributed by atoms with E-state index in [1.54, 1.807) is 17.8 Å². The number of aromatic nitrogens is 4. The molecule has 0 radical (unpaired) electrons. The number of nitrogens with zero attached hydrogens (tertiary/aromatic N) is 4. The molecule has 1 N–H and O–H groups in total. The molecule has 0 spiro atoms. The van der Waals surface area contributed by atoms with Crippen molar-refractivity contribution < 1.29 is 4.79 Å². The fourth-order valence-electron chi connectivity index (χ4n) is 2.42. The Morgan fingerprint density at radius 3 is 2.88 bits per heavy atom. The molecule has 3 aromatic heterocycles. The number of nitrogens with one attached hydrogen (secondary N) is 1. The second-order valence-corrected chi connectivity index (χ2v) is 7.00. The first-order valence-electron chi connectivity index (χ1n) is 7.51. The first kappa shape index (κ1) is 18.0. The fraction of sp³-hybridized carbons (Fsp3) is 0.250. The van der Waals surface area contributed by atoms with Gasteiger partial charge in [0, 0.05) is 6.20 Å². The molecule has 0 saturated carbocycles. The SMILES string of the molecule is CSCCC(NC(=O)c1ccc(Cl)nc1Cl)c1nnc2ccccn12. The van der Waals surface area contributed by atoms with Gasteiger partial charge < -0.3 is 5.32 Å². The molecule has 1 atom stereocenters. The molecule has 0 aliphatic rings. The molecule has 0 saturated heterocycles. The third-order valence-corrected chi connectivity index (χ3v) is 4.77. The summed E-state index contributed by atoms with van der Waals surface area (Å²) in [5, 5.41) is 11.7. The molecule has 130 valence electrons. The Kier molecular flexibility index (Phi) is 5.78. The highest BCUT2D eigenvalue weighted by atomic mass is 35.5. The minimum absolute atomic E-state index is 0.0692. The van der Waals surface area contributed by atoms with Crippen molar-refractivity contribution in [3.05, 3.63) is 58.2 Å². The smallest absolute Gasteiger partial charge is 0.255 e. The highest BCUT2D eigenvalue weighted by Crippen LogP contribution is 2.21. The Bertz CT molecular complexity index is 901. The summed E-state index contributed by atoms with van der Waals surface area (Å²) in [5.74, 6) is 1.21. The predicted molar refractivity (Wildman–Crippen MR) is 100 cm³/mol. The maximum Gasteiger partial charge on any atom is 0.255 e. The largest absolute Gasteiger partial charge is 0.342 e. The van der Waals surface area contributed by atoms with Crippen LogP contribution in [0.1, 0.15) is 28.6 Å². The molecule has 0 bridgehead atoms. The van der Waals surface area contributed by atoms with Crippen LogP contribution >= 0.6 is 35.0 Å². The molecule has 6 nitrogen and oxygen atoms in total. The second-order valence-electron chi connectivity index (χ2n) is 5.27. The highest BCUT2D eigenvalue weighted by molar-refractivity contribution is 7.98. The average molecular weight is 396 g/mol. The summed E-state index contributed by atoms with van der Waals surface area (Å²) in [4.78, 5) is 16.5. The van der Waals surface area contributed by atoms with Gasteiger partial charge in [-0.15, -0.1) is 10.2 Å². The molecule has 0 fully saturated rings. The van der Waals surface area contributed by atoms with E-state index in [1.807, 2.05) is 35.1 Å². The lowest BCUT2D eigenvalue weighted by molar-refractivity contribution is 0.0933. The number of amides is 1. The molecule has 3 heterocycles. The van der Waals surface area contributed by atoms with Gasteiger partial charge in [-0.2, -0.15) is 11.8 Å². The average Bonchev–Trinajstić information content (AvgIpc) is 3.02. The molecular formula is C16H15Cl2N5OS. The maximum absolute atomic E-state index is 12.6. The van der Waals surface area contributed by atoms with Crippen molar-refractivity contribution in [3.8, 4) is 0 Å². The molecular weight excluding hydrogens is 381 g/mol. The van der Waals surface area contributed by atoms with E-state index >= 15 is 0 Å². The standard InChI is InChI=1S/C16H15Cl2N5OS/c1-25-9-7-11(15-22-21-13-4-2-3-8-23(13)15)19-16(24)10-5-6-12(17)20-14(10)18/h2-6,8,11H,7,9H2,1H3,(H,19,24). The van der Waals surface area contributed by atoms with Gasteiger partial charge in [-0.1, -0.05) is 29.3 Å². The van der Waals surface area contributed by atoms with Crippen LogP contribution < -0.4 is 5.32 Å². The first-order chi connectivity index (χ1) is 12.1. The number of carbonyl (C=O) groups excluding carboxylic acids is 1. The number of hydrogen-bond donors (Lipinski definition) is 1. The summed E-state index contributed by atoms with van der Waals surface area (Å²) >= 11 is 13.5. The number of halogens is 2. The van der Waals surface area contributed by atoms with E-state index in [2.05, 4.69) is 20.5 Å². The van der Waals surface area contributed by atoms with Crippen LogP contribution in [0.3, 0.4) is 0 Å². The number of fused-ring (bicyclic) bond motifs is 1. The zero-order chi connectivity index (χ0) is 17.8. The third kappa shape index (κ3) is 4.05. The number of hydrogen-bond acceptors (Lipinski definition) is 5. The molecule has 25 heavy (non-hydrogen) atoms. The van der Waals surface area contributed by atoms with Gasteiger partial charge in [0.1, 0.15) is 10.3 Å². The van der Waals surface area contributed by atoms with E-state index in [1.165, 1.54) is 6.07 Å². The van der Waals surface area contributed by atoms with Gasteiger partial charge in [0.25, 0.3) is 5.91 Å². The van der Waals surface area contributed by atoms with Crippen molar-refractivity contribution in [1.29, 1.82) is 0 Å². The minimum Gasteiger partial charge on any atom is -0.342 e. The van der Waals surface area contributed by atoms with Crippen molar-refractivity contribution in [2.75, 3.05) is 12.0 Å². The Morgan fingerprint density at radius 1 is 1.28 bits per heavy atom. The number of thioether (sulfide) groups is 1. The zero-order valence-corrected chi connectivity index (χ0v) is 15.6. The van der Waals surface area contributed by atoms with Crippen LogP contribution in [0.5, 0.6) is 0 Å². The van der Waals surface area contributed by atoms with Crippen LogP contribution in [0.4, 0.5) is 0 Å². The quantitative estimate of drug-likeness (QED) is 0.644. The van der Waals surface area contributed by atoms with Gasteiger partial charge in [0.05, 0.1) is 11.6 Å². The van der Waals surface area contributed by atoms with Crippen LogP contribution in [0.25, 0.3) is 5.65 Å². The third-order valence-electron chi connectivity index (χ3n) is 3.63. The summed E-state index contributed by atoms with van der Waals surface area (Å²) in [6, 6.07) is 8.44. The van der Waals surface area contributed by atoms with Crippen molar-refractivity contribution in [2.45, 2.75) is 12.5 Å². The van der Waals surface area contributed by atoms with Crippen LogP contribution in [0.2, 0.25) is 10.3 Å². The highest BCUT2D eigenvalue weighted by Gasteiger charge is 2.22. The number of carbonyl (C=O) groups is 1. The lowest BCUT2D eigenvalue weighted by atomic mass is 10.2. The number of rotatable bonds is 6. The van der Waals surface area contributed by atoms with E-state index in [0.29, 0.717) is 12.2 Å². The lowest BCUT2D eigenvalue weighted by Crippen LogP contribution is -2.30.